The van der Waals surface area contributed by atoms with E-state index in [4.69, 9.17) is 5.73 Å². The third-order valence-electron chi connectivity index (χ3n) is 2.91. The summed E-state index contributed by atoms with van der Waals surface area (Å²) in [5, 5.41) is 0. The monoisotopic (exact) mass is 250 g/mol. The maximum absolute atomic E-state index is 12.0. The van der Waals surface area contributed by atoms with Crippen LogP contribution in [0.25, 0.3) is 0 Å². The minimum Gasteiger partial charge on any atom is -0.399 e. The van der Waals surface area contributed by atoms with Crippen molar-refractivity contribution >= 4 is 23.4 Å². The fraction of sp³-hybridized carbons (Fsp3) is 0.462. The molecule has 0 spiro atoms. The molecular weight excluding hydrogens is 232 g/mol. The van der Waals surface area contributed by atoms with E-state index in [0.29, 0.717) is 18.3 Å². The lowest BCUT2D eigenvalue weighted by atomic mass is 10.2. The molecule has 1 amide bonds. The Bertz CT molecular complexity index is 387. The minimum absolute atomic E-state index is 0.247. The summed E-state index contributed by atoms with van der Waals surface area (Å²) in [6.45, 7) is 0.713. The first-order chi connectivity index (χ1) is 8.20. The van der Waals surface area contributed by atoms with Gasteiger partial charge in [0.2, 0.25) is 5.91 Å². The average Bonchev–Trinajstić information content (AvgIpc) is 3.12. The molecule has 2 rings (SSSR count). The second-order valence-electron chi connectivity index (χ2n) is 4.43. The number of nitrogens with zero attached hydrogens (tertiary/aromatic N) is 1. The van der Waals surface area contributed by atoms with E-state index >= 15 is 0 Å². The quantitative estimate of drug-likeness (QED) is 0.814. The molecule has 1 aliphatic carbocycles. The second kappa shape index (κ2) is 5.45. The Labute approximate surface area is 106 Å². The first-order valence-corrected chi connectivity index (χ1v) is 7.23. The molecule has 17 heavy (non-hydrogen) atoms. The summed E-state index contributed by atoms with van der Waals surface area (Å²) in [5.74, 6) is 0.822. The van der Waals surface area contributed by atoms with E-state index in [0.717, 1.165) is 24.1 Å². The summed E-state index contributed by atoms with van der Waals surface area (Å²) in [6, 6.07) is 8.24. The number of anilines is 1. The van der Waals surface area contributed by atoms with Gasteiger partial charge in [-0.2, -0.15) is 11.8 Å². The number of hydrogen-bond donors (Lipinski definition) is 1. The van der Waals surface area contributed by atoms with Crippen molar-refractivity contribution < 1.29 is 4.79 Å². The maximum Gasteiger partial charge on any atom is 0.233 e. The molecule has 0 unspecified atom stereocenters. The van der Waals surface area contributed by atoms with Crippen LogP contribution in [0, 0.1) is 0 Å². The summed E-state index contributed by atoms with van der Waals surface area (Å²) in [4.78, 5) is 14.0. The molecule has 0 radical (unpaired) electrons. The zero-order chi connectivity index (χ0) is 12.3. The van der Waals surface area contributed by atoms with Gasteiger partial charge in [-0.25, -0.2) is 0 Å². The summed E-state index contributed by atoms with van der Waals surface area (Å²) in [5.41, 5.74) is 7.57. The van der Waals surface area contributed by atoms with E-state index in [2.05, 4.69) is 0 Å². The van der Waals surface area contributed by atoms with Crippen molar-refractivity contribution in [3.63, 3.8) is 0 Å². The molecule has 1 aliphatic rings. The molecule has 3 nitrogen and oxygen atoms in total. The van der Waals surface area contributed by atoms with Gasteiger partial charge in [0.25, 0.3) is 0 Å². The predicted molar refractivity (Wildman–Crippen MR) is 72.8 cm³/mol. The lowest BCUT2D eigenvalue weighted by Crippen LogP contribution is -2.33. The van der Waals surface area contributed by atoms with Gasteiger partial charge in [-0.05, 0) is 36.8 Å². The first-order valence-electron chi connectivity index (χ1n) is 5.83. The Kier molecular flexibility index (Phi) is 3.94. The number of rotatable bonds is 5. The zero-order valence-corrected chi connectivity index (χ0v) is 10.9. The van der Waals surface area contributed by atoms with Crippen LogP contribution in [0.1, 0.15) is 18.4 Å². The zero-order valence-electron chi connectivity index (χ0n) is 10.1. The molecule has 1 saturated carbocycles. The Morgan fingerprint density at radius 1 is 1.41 bits per heavy atom. The van der Waals surface area contributed by atoms with Gasteiger partial charge in [-0.15, -0.1) is 0 Å². The fourth-order valence-electron chi connectivity index (χ4n) is 1.83. The molecule has 0 bridgehead atoms. The largest absolute Gasteiger partial charge is 0.399 e. The van der Waals surface area contributed by atoms with Gasteiger partial charge in [0, 0.05) is 18.3 Å². The number of carbonyl (C=O) groups is 1. The number of hydrogen-bond acceptors (Lipinski definition) is 3. The molecule has 0 aliphatic heterocycles. The smallest absolute Gasteiger partial charge is 0.233 e. The molecule has 0 heterocycles. The highest BCUT2D eigenvalue weighted by atomic mass is 32.2. The molecule has 1 fully saturated rings. The fourth-order valence-corrected chi connectivity index (χ4v) is 2.25. The minimum atomic E-state index is 0.247. The van der Waals surface area contributed by atoms with Gasteiger partial charge in [-0.3, -0.25) is 4.79 Å². The second-order valence-corrected chi connectivity index (χ2v) is 5.29. The molecule has 1 aromatic carbocycles. The maximum atomic E-state index is 12.0. The topological polar surface area (TPSA) is 46.3 Å². The van der Waals surface area contributed by atoms with E-state index in [1.807, 2.05) is 35.4 Å². The van der Waals surface area contributed by atoms with Crippen molar-refractivity contribution in [2.45, 2.75) is 25.4 Å². The highest BCUT2D eigenvalue weighted by Crippen LogP contribution is 2.29. The normalized spacial score (nSPS) is 14.6. The van der Waals surface area contributed by atoms with Crippen LogP contribution in [0.15, 0.2) is 24.3 Å². The van der Waals surface area contributed by atoms with E-state index < -0.39 is 0 Å². The van der Waals surface area contributed by atoms with E-state index in [1.165, 1.54) is 0 Å². The molecule has 1 aromatic rings. The Morgan fingerprint density at radius 2 is 2.06 bits per heavy atom. The standard InChI is InChI=1S/C13H18N2OS/c1-17-9-13(16)15(12-6-7-12)8-10-2-4-11(14)5-3-10/h2-5,12H,6-9,14H2,1H3. The third-order valence-corrected chi connectivity index (χ3v) is 3.44. The van der Waals surface area contributed by atoms with Gasteiger partial charge < -0.3 is 10.6 Å². The van der Waals surface area contributed by atoms with Crippen LogP contribution in [0.4, 0.5) is 5.69 Å². The van der Waals surface area contributed by atoms with Crippen molar-refractivity contribution in [3.8, 4) is 0 Å². The van der Waals surface area contributed by atoms with Crippen molar-refractivity contribution in [1.82, 2.24) is 4.90 Å². The van der Waals surface area contributed by atoms with E-state index in [-0.39, 0.29) is 5.91 Å². The number of nitrogen functional groups attached to an aromatic ring is 1. The Balaban J connectivity index is 2.02. The SMILES string of the molecule is CSCC(=O)N(Cc1ccc(N)cc1)C1CC1. The molecule has 4 heteroatoms. The number of benzene rings is 1. The van der Waals surface area contributed by atoms with Crippen LogP contribution in [0.3, 0.4) is 0 Å². The Morgan fingerprint density at radius 3 is 2.59 bits per heavy atom. The summed E-state index contributed by atoms with van der Waals surface area (Å²) in [6.07, 6.45) is 4.26. The van der Waals surface area contributed by atoms with Crippen LogP contribution in [0.5, 0.6) is 0 Å². The van der Waals surface area contributed by atoms with E-state index in [9.17, 15) is 4.79 Å². The first kappa shape index (κ1) is 12.3. The van der Waals surface area contributed by atoms with Crippen LogP contribution in [-0.4, -0.2) is 28.9 Å². The van der Waals surface area contributed by atoms with Crippen molar-refractivity contribution in [1.29, 1.82) is 0 Å². The number of carbonyl (C=O) groups excluding carboxylic acids is 1. The summed E-state index contributed by atoms with van der Waals surface area (Å²) >= 11 is 1.59. The summed E-state index contributed by atoms with van der Waals surface area (Å²) < 4.78 is 0. The molecule has 0 aromatic heterocycles. The van der Waals surface area contributed by atoms with Crippen LogP contribution in [0.2, 0.25) is 0 Å². The molecule has 92 valence electrons. The van der Waals surface area contributed by atoms with Crippen LogP contribution < -0.4 is 5.73 Å². The number of nitrogens with two attached hydrogens (primary N) is 1. The van der Waals surface area contributed by atoms with Crippen molar-refractivity contribution in [2.75, 3.05) is 17.7 Å². The Hall–Kier alpha value is -1.16. The lowest BCUT2D eigenvalue weighted by molar-refractivity contribution is -0.129. The molecule has 2 N–H and O–H groups in total. The van der Waals surface area contributed by atoms with Gasteiger partial charge in [0.15, 0.2) is 0 Å². The van der Waals surface area contributed by atoms with Crippen LogP contribution in [-0.2, 0) is 11.3 Å². The average molecular weight is 250 g/mol. The van der Waals surface area contributed by atoms with Gasteiger partial charge in [-0.1, -0.05) is 12.1 Å². The molecule has 0 atom stereocenters. The molecular formula is C13H18N2OS. The van der Waals surface area contributed by atoms with Crippen molar-refractivity contribution in [3.05, 3.63) is 29.8 Å². The third kappa shape index (κ3) is 3.40. The van der Waals surface area contributed by atoms with Gasteiger partial charge in [0.1, 0.15) is 0 Å². The predicted octanol–water partition coefficient (Wildman–Crippen LogP) is 2.12. The highest BCUT2D eigenvalue weighted by molar-refractivity contribution is 7.99. The highest BCUT2D eigenvalue weighted by Gasteiger charge is 2.31. The van der Waals surface area contributed by atoms with Crippen molar-refractivity contribution in [2.24, 2.45) is 0 Å². The number of thioether (sulfide) groups is 1. The number of amides is 1. The lowest BCUT2D eigenvalue weighted by Gasteiger charge is -2.22. The van der Waals surface area contributed by atoms with Gasteiger partial charge >= 0.3 is 0 Å². The summed E-state index contributed by atoms with van der Waals surface area (Å²) in [7, 11) is 0. The van der Waals surface area contributed by atoms with E-state index in [1.54, 1.807) is 11.8 Å². The molecule has 0 saturated heterocycles. The van der Waals surface area contributed by atoms with Crippen LogP contribution >= 0.6 is 11.8 Å². The van der Waals surface area contributed by atoms with Gasteiger partial charge in [0.05, 0.1) is 5.75 Å².